The van der Waals surface area contributed by atoms with Gasteiger partial charge in [0.05, 0.1) is 24.6 Å². The van der Waals surface area contributed by atoms with Crippen LogP contribution in [-0.4, -0.2) is 35.0 Å². The monoisotopic (exact) mass is 435 g/mol. The van der Waals surface area contributed by atoms with Crippen molar-refractivity contribution in [1.29, 1.82) is 0 Å². The van der Waals surface area contributed by atoms with Gasteiger partial charge in [-0.2, -0.15) is 0 Å². The highest BCUT2D eigenvalue weighted by molar-refractivity contribution is 5.91. The van der Waals surface area contributed by atoms with Crippen molar-refractivity contribution in [1.82, 2.24) is 10.2 Å². The summed E-state index contributed by atoms with van der Waals surface area (Å²) in [4.78, 5) is 24.0. The number of allylic oxidation sites excluding steroid dienone is 2. The molecule has 1 amide bonds. The van der Waals surface area contributed by atoms with Gasteiger partial charge in [-0.05, 0) is 55.2 Å². The smallest absolute Gasteiger partial charge is 0.466 e. The third-order valence-electron chi connectivity index (χ3n) is 4.49. The molecule has 0 saturated heterocycles. The van der Waals surface area contributed by atoms with Crippen LogP contribution in [0, 0.1) is 5.92 Å². The molecule has 1 N–H and O–H groups in total. The summed E-state index contributed by atoms with van der Waals surface area (Å²) < 4.78 is 45.8. The number of hydrogen-bond donors (Lipinski definition) is 1. The molecule has 1 heterocycles. The van der Waals surface area contributed by atoms with E-state index in [9.17, 15) is 22.8 Å². The Hall–Kier alpha value is -3.43. The molecule has 1 aliphatic carbocycles. The first-order valence-corrected chi connectivity index (χ1v) is 9.58. The highest BCUT2D eigenvalue weighted by atomic mass is 19.4. The summed E-state index contributed by atoms with van der Waals surface area (Å²) in [5.41, 5.74) is 1.83. The molecular weight excluding hydrogens is 415 g/mol. The standard InChI is InChI=1S/C21H20F3N3O4/c1-2-30-20(29)15-7-6-14(12-15)17-8-9-18(27-26-17)25-19(28)11-13-4-3-5-16(10-13)31-21(22,23)24/h3-6,8-10,15H,2,7,11-12H2,1H3,(H,25,27,28). The number of esters is 1. The van der Waals surface area contributed by atoms with Gasteiger partial charge in [0.15, 0.2) is 5.82 Å². The summed E-state index contributed by atoms with van der Waals surface area (Å²) in [6.07, 6.45) is -1.96. The molecule has 164 valence electrons. The number of nitrogens with one attached hydrogen (secondary N) is 1. The van der Waals surface area contributed by atoms with E-state index in [1.165, 1.54) is 12.1 Å². The normalized spacial score (nSPS) is 15.9. The second-order valence-corrected chi connectivity index (χ2v) is 6.84. The number of hydrogen-bond acceptors (Lipinski definition) is 6. The van der Waals surface area contributed by atoms with Gasteiger partial charge in [-0.3, -0.25) is 9.59 Å². The predicted molar refractivity (Wildman–Crippen MR) is 105 cm³/mol. The van der Waals surface area contributed by atoms with E-state index in [2.05, 4.69) is 20.3 Å². The SMILES string of the molecule is CCOC(=O)C1CC=C(c2ccc(NC(=O)Cc3cccc(OC(F)(F)F)c3)nn2)C1. The van der Waals surface area contributed by atoms with Crippen molar-refractivity contribution in [3.8, 4) is 5.75 Å². The van der Waals surface area contributed by atoms with Crippen LogP contribution in [0.5, 0.6) is 5.75 Å². The number of alkyl halides is 3. The molecule has 10 heteroatoms. The fourth-order valence-corrected chi connectivity index (χ4v) is 3.16. The molecule has 0 aliphatic heterocycles. The first-order chi connectivity index (χ1) is 14.7. The van der Waals surface area contributed by atoms with E-state index < -0.39 is 18.0 Å². The number of nitrogens with zero attached hydrogens (tertiary/aromatic N) is 2. The fourth-order valence-electron chi connectivity index (χ4n) is 3.16. The summed E-state index contributed by atoms with van der Waals surface area (Å²) in [5, 5.41) is 10.6. The molecule has 1 unspecified atom stereocenters. The average Bonchev–Trinajstić information content (AvgIpc) is 3.18. The van der Waals surface area contributed by atoms with Crippen LogP contribution in [0.4, 0.5) is 19.0 Å². The van der Waals surface area contributed by atoms with Gasteiger partial charge in [-0.15, -0.1) is 23.4 Å². The van der Waals surface area contributed by atoms with Gasteiger partial charge in [0.25, 0.3) is 0 Å². The van der Waals surface area contributed by atoms with Crippen LogP contribution in [-0.2, 0) is 20.7 Å². The Morgan fingerprint density at radius 2 is 2.00 bits per heavy atom. The molecule has 1 aliphatic rings. The van der Waals surface area contributed by atoms with Crippen molar-refractivity contribution in [2.75, 3.05) is 11.9 Å². The van der Waals surface area contributed by atoms with E-state index in [4.69, 9.17) is 4.74 Å². The van der Waals surface area contributed by atoms with Crippen molar-refractivity contribution < 1.29 is 32.2 Å². The van der Waals surface area contributed by atoms with Crippen LogP contribution in [0.1, 0.15) is 31.0 Å². The molecule has 0 fully saturated rings. The maximum Gasteiger partial charge on any atom is 0.573 e. The van der Waals surface area contributed by atoms with E-state index in [0.717, 1.165) is 17.7 Å². The summed E-state index contributed by atoms with van der Waals surface area (Å²) >= 11 is 0. The Morgan fingerprint density at radius 1 is 1.19 bits per heavy atom. The number of carbonyl (C=O) groups is 2. The van der Waals surface area contributed by atoms with Crippen molar-refractivity contribution in [3.63, 3.8) is 0 Å². The fraction of sp³-hybridized carbons (Fsp3) is 0.333. The summed E-state index contributed by atoms with van der Waals surface area (Å²) in [6, 6.07) is 8.45. The molecular formula is C21H20F3N3O4. The quantitative estimate of drug-likeness (QED) is 0.663. The zero-order valence-corrected chi connectivity index (χ0v) is 16.6. The van der Waals surface area contributed by atoms with E-state index in [1.807, 2.05) is 6.08 Å². The molecule has 0 saturated carbocycles. The molecule has 0 bridgehead atoms. The lowest BCUT2D eigenvalue weighted by molar-refractivity contribution is -0.274. The van der Waals surface area contributed by atoms with E-state index in [0.29, 0.717) is 30.7 Å². The lowest BCUT2D eigenvalue weighted by atomic mass is 10.0. The second-order valence-electron chi connectivity index (χ2n) is 6.84. The van der Waals surface area contributed by atoms with Crippen molar-refractivity contribution in [3.05, 3.63) is 53.7 Å². The zero-order chi connectivity index (χ0) is 22.4. The van der Waals surface area contributed by atoms with Gasteiger partial charge in [0, 0.05) is 0 Å². The minimum absolute atomic E-state index is 0.162. The summed E-state index contributed by atoms with van der Waals surface area (Å²) in [7, 11) is 0. The Morgan fingerprint density at radius 3 is 2.68 bits per heavy atom. The lowest BCUT2D eigenvalue weighted by Gasteiger charge is -2.10. The van der Waals surface area contributed by atoms with Crippen molar-refractivity contribution in [2.24, 2.45) is 5.92 Å². The number of carbonyl (C=O) groups excluding carboxylic acids is 2. The number of amides is 1. The second kappa shape index (κ2) is 9.59. The van der Waals surface area contributed by atoms with Gasteiger partial charge in [0.1, 0.15) is 5.75 Å². The number of ether oxygens (including phenoxy) is 2. The summed E-state index contributed by atoms with van der Waals surface area (Å²) in [5.74, 6) is -1.12. The van der Waals surface area contributed by atoms with Crippen LogP contribution in [0.2, 0.25) is 0 Å². The molecule has 2 aromatic rings. The van der Waals surface area contributed by atoms with Crippen LogP contribution in [0.15, 0.2) is 42.5 Å². The highest BCUT2D eigenvalue weighted by Crippen LogP contribution is 2.32. The van der Waals surface area contributed by atoms with Crippen LogP contribution >= 0.6 is 0 Å². The largest absolute Gasteiger partial charge is 0.573 e. The molecule has 3 rings (SSSR count). The number of aromatic nitrogens is 2. The Kier molecular flexibility index (Phi) is 6.88. The van der Waals surface area contributed by atoms with Gasteiger partial charge in [-0.25, -0.2) is 0 Å². The van der Waals surface area contributed by atoms with Crippen LogP contribution in [0.25, 0.3) is 5.57 Å². The molecule has 1 atom stereocenters. The molecule has 0 spiro atoms. The zero-order valence-electron chi connectivity index (χ0n) is 16.6. The predicted octanol–water partition coefficient (Wildman–Crippen LogP) is 3.91. The highest BCUT2D eigenvalue weighted by Gasteiger charge is 2.31. The topological polar surface area (TPSA) is 90.4 Å². The summed E-state index contributed by atoms with van der Waals surface area (Å²) in [6.45, 7) is 2.09. The maximum atomic E-state index is 12.3. The molecule has 1 aromatic carbocycles. The first kappa shape index (κ1) is 22.3. The Bertz CT molecular complexity index is 975. The number of benzene rings is 1. The molecule has 7 nitrogen and oxygen atoms in total. The van der Waals surface area contributed by atoms with Gasteiger partial charge >= 0.3 is 12.3 Å². The average molecular weight is 435 g/mol. The third kappa shape index (κ3) is 6.53. The number of anilines is 1. The van der Waals surface area contributed by atoms with Gasteiger partial charge in [0.2, 0.25) is 5.91 Å². The lowest BCUT2D eigenvalue weighted by Crippen LogP contribution is -2.18. The number of halogens is 3. The molecule has 31 heavy (non-hydrogen) atoms. The molecule has 0 radical (unpaired) electrons. The third-order valence-corrected chi connectivity index (χ3v) is 4.49. The molecule has 1 aromatic heterocycles. The first-order valence-electron chi connectivity index (χ1n) is 9.58. The van der Waals surface area contributed by atoms with Crippen LogP contribution in [0.3, 0.4) is 0 Å². The maximum absolute atomic E-state index is 12.3. The van der Waals surface area contributed by atoms with Crippen molar-refractivity contribution in [2.45, 2.75) is 32.5 Å². The Labute approximate surface area is 176 Å². The minimum Gasteiger partial charge on any atom is -0.466 e. The Balaban J connectivity index is 1.55. The van der Waals surface area contributed by atoms with E-state index in [1.54, 1.807) is 19.1 Å². The minimum atomic E-state index is -4.80. The van der Waals surface area contributed by atoms with Crippen LogP contribution < -0.4 is 10.1 Å². The van der Waals surface area contributed by atoms with E-state index in [-0.39, 0.29) is 24.1 Å². The number of rotatable bonds is 7. The van der Waals surface area contributed by atoms with E-state index >= 15 is 0 Å². The van der Waals surface area contributed by atoms with Gasteiger partial charge in [-0.1, -0.05) is 18.2 Å². The van der Waals surface area contributed by atoms with Crippen molar-refractivity contribution >= 4 is 23.3 Å². The van der Waals surface area contributed by atoms with Gasteiger partial charge < -0.3 is 14.8 Å².